The molecule has 1 rings (SSSR count). The van der Waals surface area contributed by atoms with Gasteiger partial charge in [0.1, 0.15) is 0 Å². The van der Waals surface area contributed by atoms with Crippen molar-refractivity contribution in [1.29, 1.82) is 0 Å². The van der Waals surface area contributed by atoms with E-state index in [1.54, 1.807) is 0 Å². The minimum Gasteiger partial charge on any atom is -0.381 e. The first-order chi connectivity index (χ1) is 11.5. The maximum Gasteiger partial charge on any atom is 0.191 e. The molecule has 0 aliphatic carbocycles. The van der Waals surface area contributed by atoms with E-state index in [1.165, 1.54) is 11.3 Å². The van der Waals surface area contributed by atoms with Gasteiger partial charge < -0.3 is 15.4 Å². The smallest absolute Gasteiger partial charge is 0.191 e. The highest BCUT2D eigenvalue weighted by atomic mass is 127. The second kappa shape index (κ2) is 13.4. The molecule has 25 heavy (non-hydrogen) atoms. The third-order valence-electron chi connectivity index (χ3n) is 3.84. The van der Waals surface area contributed by atoms with Gasteiger partial charge >= 0.3 is 0 Å². The SMILES string of the molecule is CCNC(=NCCCOCC(C)C)NCCc1c(C)nn(C)c1C.I. The van der Waals surface area contributed by atoms with Gasteiger partial charge in [-0.1, -0.05) is 13.8 Å². The topological polar surface area (TPSA) is 63.5 Å². The van der Waals surface area contributed by atoms with Crippen LogP contribution in [0.25, 0.3) is 0 Å². The molecule has 0 amide bonds. The van der Waals surface area contributed by atoms with E-state index in [4.69, 9.17) is 4.74 Å². The van der Waals surface area contributed by atoms with Crippen LogP contribution in [0.1, 0.15) is 44.1 Å². The zero-order chi connectivity index (χ0) is 17.9. The highest BCUT2D eigenvalue weighted by Crippen LogP contribution is 2.11. The molecule has 0 bridgehead atoms. The molecule has 0 saturated carbocycles. The van der Waals surface area contributed by atoms with Crippen LogP contribution < -0.4 is 10.6 Å². The van der Waals surface area contributed by atoms with Crippen molar-refractivity contribution < 1.29 is 4.74 Å². The fraction of sp³-hybridized carbons (Fsp3) is 0.778. The minimum absolute atomic E-state index is 0. The highest BCUT2D eigenvalue weighted by molar-refractivity contribution is 14.0. The van der Waals surface area contributed by atoms with E-state index < -0.39 is 0 Å². The van der Waals surface area contributed by atoms with Crippen LogP contribution >= 0.6 is 24.0 Å². The molecule has 1 aromatic rings. The van der Waals surface area contributed by atoms with Crippen molar-refractivity contribution in [3.05, 3.63) is 17.0 Å². The predicted octanol–water partition coefficient (Wildman–Crippen LogP) is 2.82. The number of aliphatic imine (C=N–C) groups is 1. The fourth-order valence-electron chi connectivity index (χ4n) is 2.50. The molecule has 146 valence electrons. The summed E-state index contributed by atoms with van der Waals surface area (Å²) in [5, 5.41) is 11.2. The molecule has 6 nitrogen and oxygen atoms in total. The van der Waals surface area contributed by atoms with Gasteiger partial charge in [0.2, 0.25) is 0 Å². The summed E-state index contributed by atoms with van der Waals surface area (Å²) in [5.41, 5.74) is 3.67. The van der Waals surface area contributed by atoms with Crippen LogP contribution in [-0.4, -0.2) is 48.6 Å². The van der Waals surface area contributed by atoms with Crippen molar-refractivity contribution in [3.8, 4) is 0 Å². The Morgan fingerprint density at radius 2 is 2.00 bits per heavy atom. The Bertz CT molecular complexity index is 514. The number of hydrogen-bond acceptors (Lipinski definition) is 3. The average Bonchev–Trinajstić information content (AvgIpc) is 2.76. The first kappa shape index (κ1) is 24.2. The summed E-state index contributed by atoms with van der Waals surface area (Å²) < 4.78 is 7.53. The van der Waals surface area contributed by atoms with Gasteiger partial charge in [-0.25, -0.2) is 0 Å². The summed E-state index contributed by atoms with van der Waals surface area (Å²) in [6.07, 6.45) is 1.90. The molecule has 0 unspecified atom stereocenters. The van der Waals surface area contributed by atoms with Gasteiger partial charge in [-0.15, -0.1) is 24.0 Å². The minimum atomic E-state index is 0. The van der Waals surface area contributed by atoms with Gasteiger partial charge in [0.05, 0.1) is 5.69 Å². The number of ether oxygens (including phenoxy) is 1. The number of aryl methyl sites for hydroxylation is 2. The Balaban J connectivity index is 0.00000576. The molecular formula is C18H36IN5O. The maximum atomic E-state index is 5.59. The largest absolute Gasteiger partial charge is 0.381 e. The number of aromatic nitrogens is 2. The molecule has 7 heteroatoms. The van der Waals surface area contributed by atoms with Gasteiger partial charge in [0.25, 0.3) is 0 Å². The van der Waals surface area contributed by atoms with Crippen molar-refractivity contribution in [2.75, 3.05) is 32.8 Å². The summed E-state index contributed by atoms with van der Waals surface area (Å²) >= 11 is 0. The summed E-state index contributed by atoms with van der Waals surface area (Å²) in [4.78, 5) is 4.60. The fourth-order valence-corrected chi connectivity index (χ4v) is 2.50. The van der Waals surface area contributed by atoms with Gasteiger partial charge in [0.15, 0.2) is 5.96 Å². The molecule has 1 heterocycles. The van der Waals surface area contributed by atoms with Gasteiger partial charge in [-0.05, 0) is 45.1 Å². The number of hydrogen-bond donors (Lipinski definition) is 2. The van der Waals surface area contributed by atoms with Gasteiger partial charge in [-0.2, -0.15) is 5.10 Å². The van der Waals surface area contributed by atoms with E-state index in [1.807, 2.05) is 11.7 Å². The van der Waals surface area contributed by atoms with Crippen molar-refractivity contribution in [2.24, 2.45) is 18.0 Å². The normalized spacial score (nSPS) is 11.6. The molecular weight excluding hydrogens is 429 g/mol. The van der Waals surface area contributed by atoms with Crippen molar-refractivity contribution in [2.45, 2.75) is 47.5 Å². The zero-order valence-corrected chi connectivity index (χ0v) is 19.0. The average molecular weight is 465 g/mol. The van der Waals surface area contributed by atoms with Crippen molar-refractivity contribution in [1.82, 2.24) is 20.4 Å². The van der Waals surface area contributed by atoms with Crippen molar-refractivity contribution >= 4 is 29.9 Å². The van der Waals surface area contributed by atoms with E-state index in [0.29, 0.717) is 5.92 Å². The quantitative estimate of drug-likeness (QED) is 0.242. The second-order valence-electron chi connectivity index (χ2n) is 6.53. The van der Waals surface area contributed by atoms with Crippen LogP contribution in [0.2, 0.25) is 0 Å². The van der Waals surface area contributed by atoms with E-state index in [-0.39, 0.29) is 24.0 Å². The lowest BCUT2D eigenvalue weighted by Gasteiger charge is -2.11. The molecule has 1 aromatic heterocycles. The first-order valence-corrected chi connectivity index (χ1v) is 9.04. The van der Waals surface area contributed by atoms with Crippen LogP contribution in [-0.2, 0) is 18.2 Å². The lowest BCUT2D eigenvalue weighted by molar-refractivity contribution is 0.109. The van der Waals surface area contributed by atoms with Crippen LogP contribution in [0.4, 0.5) is 0 Å². The summed E-state index contributed by atoms with van der Waals surface area (Å²) in [6.45, 7) is 14.7. The third-order valence-corrected chi connectivity index (χ3v) is 3.84. The summed E-state index contributed by atoms with van der Waals surface area (Å²) in [5.74, 6) is 1.47. The molecule has 0 saturated heterocycles. The number of nitrogens with zero attached hydrogens (tertiary/aromatic N) is 3. The molecule has 0 aliphatic rings. The van der Waals surface area contributed by atoms with E-state index in [2.05, 4.69) is 55.3 Å². The van der Waals surface area contributed by atoms with E-state index >= 15 is 0 Å². The Morgan fingerprint density at radius 3 is 2.56 bits per heavy atom. The van der Waals surface area contributed by atoms with Gasteiger partial charge in [-0.3, -0.25) is 9.67 Å². The van der Waals surface area contributed by atoms with E-state index in [9.17, 15) is 0 Å². The lowest BCUT2D eigenvalue weighted by atomic mass is 10.1. The third kappa shape index (κ3) is 9.44. The number of guanidine groups is 1. The lowest BCUT2D eigenvalue weighted by Crippen LogP contribution is -2.38. The summed E-state index contributed by atoms with van der Waals surface area (Å²) in [6, 6.07) is 0. The number of nitrogens with one attached hydrogen (secondary N) is 2. The number of rotatable bonds is 10. The molecule has 0 aliphatic heterocycles. The molecule has 0 atom stereocenters. The Labute approximate surface area is 170 Å². The molecule has 0 spiro atoms. The molecule has 0 aromatic carbocycles. The van der Waals surface area contributed by atoms with Crippen LogP contribution in [0.15, 0.2) is 4.99 Å². The van der Waals surface area contributed by atoms with Gasteiger partial charge in [0, 0.05) is 45.6 Å². The van der Waals surface area contributed by atoms with E-state index in [0.717, 1.165) is 57.3 Å². The number of halogens is 1. The standard InChI is InChI=1S/C18H35N5O.HI/c1-7-19-18(20-10-8-12-24-13-14(2)3)21-11-9-17-15(4)22-23(6)16(17)5;/h14H,7-13H2,1-6H3,(H2,19,20,21);1H. The zero-order valence-electron chi connectivity index (χ0n) is 16.7. The molecule has 0 radical (unpaired) electrons. The highest BCUT2D eigenvalue weighted by Gasteiger charge is 2.08. The Morgan fingerprint density at radius 1 is 1.28 bits per heavy atom. The first-order valence-electron chi connectivity index (χ1n) is 9.04. The Kier molecular flexibility index (Phi) is 12.9. The maximum absolute atomic E-state index is 5.59. The molecule has 2 N–H and O–H groups in total. The molecule has 0 fully saturated rings. The second-order valence-corrected chi connectivity index (χ2v) is 6.53. The van der Waals surface area contributed by atoms with Crippen LogP contribution in [0, 0.1) is 19.8 Å². The summed E-state index contributed by atoms with van der Waals surface area (Å²) in [7, 11) is 1.99. The van der Waals surface area contributed by atoms with Crippen LogP contribution in [0.3, 0.4) is 0 Å². The Hall–Kier alpha value is -0.830. The monoisotopic (exact) mass is 465 g/mol. The predicted molar refractivity (Wildman–Crippen MR) is 116 cm³/mol. The van der Waals surface area contributed by atoms with Crippen molar-refractivity contribution in [3.63, 3.8) is 0 Å². The van der Waals surface area contributed by atoms with Crippen LogP contribution in [0.5, 0.6) is 0 Å².